The van der Waals surface area contributed by atoms with Gasteiger partial charge in [0.15, 0.2) is 0 Å². The summed E-state index contributed by atoms with van der Waals surface area (Å²) < 4.78 is 35.6. The van der Waals surface area contributed by atoms with Crippen molar-refractivity contribution in [2.24, 2.45) is 7.05 Å². The summed E-state index contributed by atoms with van der Waals surface area (Å²) >= 11 is 0. The van der Waals surface area contributed by atoms with Crippen molar-refractivity contribution >= 4 is 26.6 Å². The fourth-order valence-corrected chi connectivity index (χ4v) is 5.98. The molecule has 3 aromatic heterocycles. The number of hydrogen-bond acceptors (Lipinski definition) is 8. The molecule has 11 heteroatoms. The van der Waals surface area contributed by atoms with Crippen molar-refractivity contribution in [3.63, 3.8) is 0 Å². The number of aryl methyl sites for hydroxylation is 1. The van der Waals surface area contributed by atoms with Crippen LogP contribution in [-0.2, 0) is 26.3 Å². The zero-order valence-electron chi connectivity index (χ0n) is 22.0. The number of aromatic nitrogens is 5. The average Bonchev–Trinajstić information content (AvgIpc) is 3.54. The predicted molar refractivity (Wildman–Crippen MR) is 147 cm³/mol. The summed E-state index contributed by atoms with van der Waals surface area (Å²) in [7, 11) is -0.874. The second kappa shape index (κ2) is 9.79. The van der Waals surface area contributed by atoms with Crippen LogP contribution in [0.5, 0.6) is 0 Å². The highest BCUT2D eigenvalue weighted by atomic mass is 32.2. The molecule has 0 aliphatic carbocycles. The van der Waals surface area contributed by atoms with Gasteiger partial charge in [-0.05, 0) is 56.0 Å². The molecule has 0 spiro atoms. The Morgan fingerprint density at radius 2 is 1.92 bits per heavy atom. The van der Waals surface area contributed by atoms with Crippen molar-refractivity contribution in [1.29, 1.82) is 4.78 Å². The first-order valence-electron chi connectivity index (χ1n) is 13.0. The molecule has 2 aliphatic heterocycles. The molecule has 5 heterocycles. The zero-order valence-corrected chi connectivity index (χ0v) is 22.8. The fraction of sp³-hybridized carbons (Fsp3) is 0.444. The summed E-state index contributed by atoms with van der Waals surface area (Å²) in [6.07, 6.45) is 6.51. The van der Waals surface area contributed by atoms with Crippen LogP contribution in [0.1, 0.15) is 32.4 Å². The lowest BCUT2D eigenvalue weighted by Gasteiger charge is -2.34. The molecule has 3 atom stereocenters. The van der Waals surface area contributed by atoms with Gasteiger partial charge in [-0.3, -0.25) is 4.68 Å². The van der Waals surface area contributed by atoms with E-state index in [1.54, 1.807) is 12.1 Å². The Bertz CT molecular complexity index is 1570. The van der Waals surface area contributed by atoms with E-state index in [9.17, 15) is 4.21 Å². The molecule has 10 nitrogen and oxygen atoms in total. The van der Waals surface area contributed by atoms with Crippen molar-refractivity contribution in [2.45, 2.75) is 43.4 Å². The molecule has 1 N–H and O–H groups in total. The SMILES string of the molecule is C[C@@H]1COCCN1c1cc(-c2ccc(S(C)(=N)=O)cc2)c2c(n1)c(-c1ccn(C3CCCCO3)n1)nn2C. The molecule has 6 rings (SSSR count). The standard InChI is InChI=1S/C27H33N7O3S/c1-18-17-36-15-13-33(18)23-16-21(19-7-9-20(10-8-19)38(3,28)35)27-26(29-23)25(31-32(27)2)22-11-12-34(30-22)24-6-4-5-14-37-24/h7-12,16,18,24,28H,4-6,13-15,17H2,1-3H3/t18-,24?,38?/m1/s1. The van der Waals surface area contributed by atoms with E-state index in [2.05, 4.69) is 17.9 Å². The van der Waals surface area contributed by atoms with Gasteiger partial charge in [0.25, 0.3) is 0 Å². The van der Waals surface area contributed by atoms with Gasteiger partial charge in [-0.25, -0.2) is 18.7 Å². The minimum Gasteiger partial charge on any atom is -0.377 e. The normalized spacial score (nSPS) is 22.0. The highest BCUT2D eigenvalue weighted by molar-refractivity contribution is 7.91. The molecule has 1 aromatic carbocycles. The highest BCUT2D eigenvalue weighted by Crippen LogP contribution is 2.37. The molecule has 38 heavy (non-hydrogen) atoms. The minimum atomic E-state index is -2.80. The summed E-state index contributed by atoms with van der Waals surface area (Å²) in [6.45, 7) is 4.93. The Hall–Kier alpha value is -3.28. The summed E-state index contributed by atoms with van der Waals surface area (Å²) in [6, 6.07) is 11.7. The Labute approximate surface area is 222 Å². The highest BCUT2D eigenvalue weighted by Gasteiger charge is 2.26. The lowest BCUT2D eigenvalue weighted by atomic mass is 10.0. The second-order valence-electron chi connectivity index (χ2n) is 10.2. The zero-order chi connectivity index (χ0) is 26.4. The van der Waals surface area contributed by atoms with Crippen LogP contribution in [0, 0.1) is 4.78 Å². The van der Waals surface area contributed by atoms with Crippen molar-refractivity contribution < 1.29 is 13.7 Å². The van der Waals surface area contributed by atoms with Gasteiger partial charge in [0.1, 0.15) is 29.0 Å². The van der Waals surface area contributed by atoms with Crippen LogP contribution >= 0.6 is 0 Å². The van der Waals surface area contributed by atoms with E-state index in [-0.39, 0.29) is 12.3 Å². The van der Waals surface area contributed by atoms with E-state index in [1.165, 1.54) is 6.26 Å². The second-order valence-corrected chi connectivity index (χ2v) is 12.3. The number of nitrogens with zero attached hydrogens (tertiary/aromatic N) is 6. The van der Waals surface area contributed by atoms with E-state index in [0.717, 1.165) is 71.8 Å². The average molecular weight is 536 g/mol. The first kappa shape index (κ1) is 25.0. The van der Waals surface area contributed by atoms with E-state index < -0.39 is 9.73 Å². The van der Waals surface area contributed by atoms with E-state index in [0.29, 0.717) is 18.1 Å². The summed E-state index contributed by atoms with van der Waals surface area (Å²) in [4.78, 5) is 7.92. The van der Waals surface area contributed by atoms with Crippen molar-refractivity contribution in [3.05, 3.63) is 42.6 Å². The maximum absolute atomic E-state index is 12.3. The Kier molecular flexibility index (Phi) is 6.45. The van der Waals surface area contributed by atoms with Crippen molar-refractivity contribution in [3.8, 4) is 22.5 Å². The molecule has 2 aliphatic rings. The van der Waals surface area contributed by atoms with Gasteiger partial charge in [0, 0.05) is 43.1 Å². The number of ether oxygens (including phenoxy) is 2. The van der Waals surface area contributed by atoms with Crippen molar-refractivity contribution in [2.75, 3.05) is 37.5 Å². The van der Waals surface area contributed by atoms with Gasteiger partial charge in [0.2, 0.25) is 0 Å². The molecule has 2 fully saturated rings. The molecule has 0 radical (unpaired) electrons. The predicted octanol–water partition coefficient (Wildman–Crippen LogP) is 4.46. The number of rotatable bonds is 5. The largest absolute Gasteiger partial charge is 0.377 e. The molecule has 0 saturated carbocycles. The number of morpholine rings is 1. The number of nitrogens with one attached hydrogen (secondary N) is 1. The minimum absolute atomic E-state index is 0.0508. The topological polar surface area (TPSA) is 111 Å². The Morgan fingerprint density at radius 1 is 1.11 bits per heavy atom. The number of anilines is 1. The molecule has 4 aromatic rings. The quantitative estimate of drug-likeness (QED) is 0.402. The van der Waals surface area contributed by atoms with Crippen LogP contribution in [0.15, 0.2) is 47.5 Å². The van der Waals surface area contributed by atoms with E-state index in [4.69, 9.17) is 29.4 Å². The van der Waals surface area contributed by atoms with Crippen LogP contribution in [-0.4, -0.2) is 67.4 Å². The van der Waals surface area contributed by atoms with Gasteiger partial charge >= 0.3 is 0 Å². The monoisotopic (exact) mass is 535 g/mol. The smallest absolute Gasteiger partial charge is 0.150 e. The van der Waals surface area contributed by atoms with E-state index >= 15 is 0 Å². The lowest BCUT2D eigenvalue weighted by Crippen LogP contribution is -2.44. The van der Waals surface area contributed by atoms with E-state index in [1.807, 2.05) is 40.8 Å². The number of fused-ring (bicyclic) bond motifs is 1. The number of pyridine rings is 1. The van der Waals surface area contributed by atoms with Gasteiger partial charge < -0.3 is 14.4 Å². The summed E-state index contributed by atoms with van der Waals surface area (Å²) in [5, 5.41) is 9.74. The molecule has 2 unspecified atom stereocenters. The van der Waals surface area contributed by atoms with Gasteiger partial charge in [-0.1, -0.05) is 12.1 Å². The first-order valence-corrected chi connectivity index (χ1v) is 15.0. The Balaban J connectivity index is 1.51. The fourth-order valence-electron chi connectivity index (χ4n) is 5.32. The van der Waals surface area contributed by atoms with Crippen molar-refractivity contribution in [1.82, 2.24) is 24.5 Å². The third-order valence-electron chi connectivity index (χ3n) is 7.36. The van der Waals surface area contributed by atoms with Crippen LogP contribution < -0.4 is 4.90 Å². The van der Waals surface area contributed by atoms with Crippen LogP contribution in [0.4, 0.5) is 5.82 Å². The molecular formula is C27H33N7O3S. The lowest BCUT2D eigenvalue weighted by molar-refractivity contribution is -0.0393. The number of benzene rings is 1. The first-order chi connectivity index (χ1) is 18.3. The molecule has 0 amide bonds. The maximum Gasteiger partial charge on any atom is 0.150 e. The Morgan fingerprint density at radius 3 is 2.63 bits per heavy atom. The molecule has 2 saturated heterocycles. The third kappa shape index (κ3) is 4.59. The van der Waals surface area contributed by atoms with Gasteiger partial charge in [-0.2, -0.15) is 10.2 Å². The summed E-state index contributed by atoms with van der Waals surface area (Å²) in [5.41, 5.74) is 5.06. The molecular weight excluding hydrogens is 502 g/mol. The van der Waals surface area contributed by atoms with Crippen LogP contribution in [0.25, 0.3) is 33.5 Å². The summed E-state index contributed by atoms with van der Waals surface area (Å²) in [5.74, 6) is 0.858. The maximum atomic E-state index is 12.3. The van der Waals surface area contributed by atoms with Crippen LogP contribution in [0.2, 0.25) is 0 Å². The molecule has 0 bridgehead atoms. The number of hydrogen-bond donors (Lipinski definition) is 1. The molecule has 200 valence electrons. The van der Waals surface area contributed by atoms with Crippen LogP contribution in [0.3, 0.4) is 0 Å². The van der Waals surface area contributed by atoms with Gasteiger partial charge in [0.05, 0.1) is 34.5 Å². The van der Waals surface area contributed by atoms with Gasteiger partial charge in [-0.15, -0.1) is 0 Å². The third-order valence-corrected chi connectivity index (χ3v) is 8.53.